The highest BCUT2D eigenvalue weighted by atomic mass is 35.5. The van der Waals surface area contributed by atoms with Gasteiger partial charge in [-0.05, 0) is 36.9 Å². The van der Waals surface area contributed by atoms with E-state index in [-0.39, 0.29) is 5.92 Å². The number of benzene rings is 1. The smallest absolute Gasteiger partial charge is 0.120 e. The van der Waals surface area contributed by atoms with Crippen LogP contribution in [0.25, 0.3) is 0 Å². The van der Waals surface area contributed by atoms with Gasteiger partial charge in [0.1, 0.15) is 11.5 Å². The van der Waals surface area contributed by atoms with Crippen LogP contribution in [0, 0.1) is 5.92 Å². The molecule has 1 aromatic carbocycles. The van der Waals surface area contributed by atoms with E-state index >= 15 is 0 Å². The number of hydrogen-bond donors (Lipinski definition) is 1. The van der Waals surface area contributed by atoms with Crippen molar-refractivity contribution in [1.29, 1.82) is 0 Å². The second-order valence-corrected chi connectivity index (χ2v) is 4.59. The van der Waals surface area contributed by atoms with Crippen molar-refractivity contribution in [3.05, 3.63) is 53.4 Å². The Morgan fingerprint density at radius 1 is 1.28 bits per heavy atom. The lowest BCUT2D eigenvalue weighted by Gasteiger charge is -2.14. The Hall–Kier alpha value is -1.45. The maximum Gasteiger partial charge on any atom is 0.120 e. The zero-order valence-corrected chi connectivity index (χ0v) is 10.8. The summed E-state index contributed by atoms with van der Waals surface area (Å²) in [7, 11) is 0. The van der Waals surface area contributed by atoms with Crippen LogP contribution < -0.4 is 10.5 Å². The molecule has 2 aromatic rings. The maximum atomic E-state index is 5.89. The fourth-order valence-electron chi connectivity index (χ4n) is 1.69. The van der Waals surface area contributed by atoms with Crippen LogP contribution in [0.3, 0.4) is 0 Å². The van der Waals surface area contributed by atoms with Gasteiger partial charge in [0.15, 0.2) is 0 Å². The van der Waals surface area contributed by atoms with Crippen molar-refractivity contribution < 1.29 is 9.15 Å². The van der Waals surface area contributed by atoms with Crippen LogP contribution >= 0.6 is 11.6 Å². The van der Waals surface area contributed by atoms with Gasteiger partial charge in [0.25, 0.3) is 0 Å². The summed E-state index contributed by atoms with van der Waals surface area (Å²) in [4.78, 5) is 0. The number of halogens is 1. The molecular weight excluding hydrogens is 250 g/mol. The van der Waals surface area contributed by atoms with E-state index in [1.807, 2.05) is 30.3 Å². The zero-order chi connectivity index (χ0) is 12.8. The average Bonchev–Trinajstić information content (AvgIpc) is 2.87. The Morgan fingerprint density at radius 2 is 2.17 bits per heavy atom. The zero-order valence-electron chi connectivity index (χ0n) is 10.0. The van der Waals surface area contributed by atoms with Crippen LogP contribution in [0.2, 0.25) is 5.02 Å². The molecule has 18 heavy (non-hydrogen) atoms. The third-order valence-corrected chi connectivity index (χ3v) is 2.92. The summed E-state index contributed by atoms with van der Waals surface area (Å²) in [5.74, 6) is 1.93. The van der Waals surface area contributed by atoms with E-state index < -0.39 is 0 Å². The second-order valence-electron chi connectivity index (χ2n) is 4.15. The van der Waals surface area contributed by atoms with E-state index in [4.69, 9.17) is 26.5 Å². The van der Waals surface area contributed by atoms with Gasteiger partial charge in [0, 0.05) is 17.4 Å². The molecule has 0 bridgehead atoms. The molecule has 1 atom stereocenters. The molecule has 4 heteroatoms. The largest absolute Gasteiger partial charge is 0.493 e. The average molecular weight is 266 g/mol. The van der Waals surface area contributed by atoms with E-state index in [9.17, 15) is 0 Å². The molecule has 2 N–H and O–H groups in total. The molecule has 1 heterocycles. The first-order chi connectivity index (χ1) is 8.78. The van der Waals surface area contributed by atoms with Gasteiger partial charge in [-0.15, -0.1) is 0 Å². The maximum absolute atomic E-state index is 5.89. The van der Waals surface area contributed by atoms with Crippen LogP contribution in [-0.4, -0.2) is 13.2 Å². The van der Waals surface area contributed by atoms with E-state index in [1.54, 1.807) is 12.3 Å². The fourth-order valence-corrected chi connectivity index (χ4v) is 1.87. The van der Waals surface area contributed by atoms with Gasteiger partial charge in [-0.25, -0.2) is 0 Å². The van der Waals surface area contributed by atoms with E-state index in [2.05, 4.69) is 0 Å². The van der Waals surface area contributed by atoms with Crippen LogP contribution in [0.4, 0.5) is 0 Å². The minimum atomic E-state index is 0.232. The third kappa shape index (κ3) is 3.79. The summed E-state index contributed by atoms with van der Waals surface area (Å²) in [5.41, 5.74) is 5.74. The van der Waals surface area contributed by atoms with Gasteiger partial charge in [0.2, 0.25) is 0 Å². The lowest BCUT2D eigenvalue weighted by Crippen LogP contribution is -2.23. The molecule has 0 aliphatic heterocycles. The van der Waals surface area contributed by atoms with Crippen LogP contribution in [-0.2, 0) is 6.42 Å². The van der Waals surface area contributed by atoms with Gasteiger partial charge in [-0.3, -0.25) is 0 Å². The predicted molar refractivity (Wildman–Crippen MR) is 71.9 cm³/mol. The molecular formula is C14H16ClNO2. The molecule has 0 fully saturated rings. The SMILES string of the molecule is NCC(COc1cccc(Cl)c1)Cc1ccco1. The predicted octanol–water partition coefficient (Wildman–Crippen LogP) is 3.13. The molecule has 0 aliphatic carbocycles. The summed E-state index contributed by atoms with van der Waals surface area (Å²) in [6, 6.07) is 11.2. The van der Waals surface area contributed by atoms with Gasteiger partial charge < -0.3 is 14.9 Å². The van der Waals surface area contributed by atoms with Gasteiger partial charge in [-0.1, -0.05) is 17.7 Å². The molecule has 96 valence electrons. The normalized spacial score (nSPS) is 12.3. The topological polar surface area (TPSA) is 48.4 Å². The van der Waals surface area contributed by atoms with Crippen molar-refractivity contribution in [3.8, 4) is 5.75 Å². The van der Waals surface area contributed by atoms with Crippen molar-refractivity contribution >= 4 is 11.6 Å². The summed E-state index contributed by atoms with van der Waals surface area (Å²) in [5, 5.41) is 0.669. The second kappa shape index (κ2) is 6.47. The first kappa shape index (κ1) is 13.0. The first-order valence-corrected chi connectivity index (χ1v) is 6.26. The minimum Gasteiger partial charge on any atom is -0.493 e. The first-order valence-electron chi connectivity index (χ1n) is 5.88. The van der Waals surface area contributed by atoms with Crippen molar-refractivity contribution in [2.45, 2.75) is 6.42 Å². The highest BCUT2D eigenvalue weighted by Crippen LogP contribution is 2.18. The van der Waals surface area contributed by atoms with Crippen LogP contribution in [0.5, 0.6) is 5.75 Å². The summed E-state index contributed by atoms with van der Waals surface area (Å²) in [6.07, 6.45) is 2.45. The lowest BCUT2D eigenvalue weighted by molar-refractivity contribution is 0.245. The summed E-state index contributed by atoms with van der Waals surface area (Å²) < 4.78 is 11.0. The molecule has 0 amide bonds. The van der Waals surface area contributed by atoms with Crippen LogP contribution in [0.1, 0.15) is 5.76 Å². The monoisotopic (exact) mass is 265 g/mol. The summed E-state index contributed by atoms with van der Waals surface area (Å²) in [6.45, 7) is 1.11. The number of nitrogens with two attached hydrogens (primary N) is 1. The highest BCUT2D eigenvalue weighted by molar-refractivity contribution is 6.30. The Morgan fingerprint density at radius 3 is 2.83 bits per heavy atom. The Balaban J connectivity index is 1.87. The van der Waals surface area contributed by atoms with Crippen molar-refractivity contribution in [2.24, 2.45) is 11.7 Å². The molecule has 1 aromatic heterocycles. The molecule has 0 radical (unpaired) electrons. The quantitative estimate of drug-likeness (QED) is 0.873. The number of furan rings is 1. The standard InChI is InChI=1S/C14H16ClNO2/c15-12-3-1-4-14(8-12)18-10-11(9-16)7-13-5-2-6-17-13/h1-6,8,11H,7,9-10,16H2. The Bertz CT molecular complexity index is 470. The molecule has 0 spiro atoms. The Kier molecular flexibility index (Phi) is 4.67. The van der Waals surface area contributed by atoms with Gasteiger partial charge >= 0.3 is 0 Å². The van der Waals surface area contributed by atoms with E-state index in [0.29, 0.717) is 18.2 Å². The van der Waals surface area contributed by atoms with Crippen LogP contribution in [0.15, 0.2) is 47.1 Å². The molecule has 2 rings (SSSR count). The fraction of sp³-hybridized carbons (Fsp3) is 0.286. The van der Waals surface area contributed by atoms with Gasteiger partial charge in [-0.2, -0.15) is 0 Å². The van der Waals surface area contributed by atoms with E-state index in [0.717, 1.165) is 17.9 Å². The molecule has 0 saturated heterocycles. The number of ether oxygens (including phenoxy) is 1. The molecule has 3 nitrogen and oxygen atoms in total. The van der Waals surface area contributed by atoms with Crippen molar-refractivity contribution in [1.82, 2.24) is 0 Å². The summed E-state index contributed by atoms with van der Waals surface area (Å²) >= 11 is 5.89. The van der Waals surface area contributed by atoms with Gasteiger partial charge in [0.05, 0.1) is 12.9 Å². The molecule has 0 aliphatic rings. The molecule has 1 unspecified atom stereocenters. The molecule has 0 saturated carbocycles. The van der Waals surface area contributed by atoms with Crippen molar-refractivity contribution in [3.63, 3.8) is 0 Å². The van der Waals surface area contributed by atoms with E-state index in [1.165, 1.54) is 0 Å². The highest BCUT2D eigenvalue weighted by Gasteiger charge is 2.10. The Labute approximate surface area is 111 Å². The number of rotatable bonds is 6. The van der Waals surface area contributed by atoms with Crippen molar-refractivity contribution in [2.75, 3.05) is 13.2 Å². The number of hydrogen-bond acceptors (Lipinski definition) is 3. The third-order valence-electron chi connectivity index (χ3n) is 2.69. The lowest BCUT2D eigenvalue weighted by atomic mass is 10.1. The minimum absolute atomic E-state index is 0.232.